The second-order valence-electron chi connectivity index (χ2n) is 6.87. The summed E-state index contributed by atoms with van der Waals surface area (Å²) in [5.41, 5.74) is 2.38. The van der Waals surface area contributed by atoms with Gasteiger partial charge in [-0.05, 0) is 36.4 Å². The number of rotatable bonds is 6. The first-order chi connectivity index (χ1) is 13.2. The van der Waals surface area contributed by atoms with Crippen LogP contribution in [-0.2, 0) is 11.3 Å². The van der Waals surface area contributed by atoms with E-state index in [0.29, 0.717) is 31.7 Å². The summed E-state index contributed by atoms with van der Waals surface area (Å²) >= 11 is 0. The predicted molar refractivity (Wildman–Crippen MR) is 102 cm³/mol. The third-order valence-corrected chi connectivity index (χ3v) is 4.97. The maximum absolute atomic E-state index is 12.3. The second-order valence-corrected chi connectivity index (χ2v) is 6.87. The van der Waals surface area contributed by atoms with Crippen molar-refractivity contribution >= 4 is 22.7 Å². The van der Waals surface area contributed by atoms with Gasteiger partial charge in [-0.25, -0.2) is 0 Å². The van der Waals surface area contributed by atoms with Gasteiger partial charge in [-0.15, -0.1) is 0 Å². The third-order valence-electron chi connectivity index (χ3n) is 4.97. The number of benzene rings is 1. The molecule has 0 spiro atoms. The molecule has 7 heteroatoms. The summed E-state index contributed by atoms with van der Waals surface area (Å²) < 4.78 is 2.12. The van der Waals surface area contributed by atoms with E-state index in [4.69, 9.17) is 0 Å². The number of carbonyl (C=O) groups is 2. The van der Waals surface area contributed by atoms with Crippen LogP contribution in [0.2, 0.25) is 0 Å². The minimum absolute atomic E-state index is 0.177. The van der Waals surface area contributed by atoms with Crippen molar-refractivity contribution in [3.05, 3.63) is 54.0 Å². The molecule has 0 aliphatic carbocycles. The fourth-order valence-corrected chi connectivity index (χ4v) is 3.51. The predicted octanol–water partition coefficient (Wildman–Crippen LogP) is 2.15. The molecule has 1 aliphatic heterocycles. The number of nitrogens with one attached hydrogen (secondary N) is 2. The summed E-state index contributed by atoms with van der Waals surface area (Å²) in [5.74, 6) is -0.0455. The van der Waals surface area contributed by atoms with Crippen LogP contribution in [0.3, 0.4) is 0 Å². The van der Waals surface area contributed by atoms with E-state index in [1.54, 1.807) is 6.07 Å². The Morgan fingerprint density at radius 1 is 1.22 bits per heavy atom. The highest BCUT2D eigenvalue weighted by atomic mass is 16.2. The lowest BCUT2D eigenvalue weighted by atomic mass is 10.1. The van der Waals surface area contributed by atoms with Gasteiger partial charge in [0.25, 0.3) is 5.91 Å². The van der Waals surface area contributed by atoms with Crippen molar-refractivity contribution in [3.63, 3.8) is 0 Å². The van der Waals surface area contributed by atoms with Gasteiger partial charge >= 0.3 is 0 Å². The van der Waals surface area contributed by atoms with Crippen LogP contribution in [0, 0.1) is 0 Å². The molecule has 0 saturated carbocycles. The van der Waals surface area contributed by atoms with Gasteiger partial charge in [-0.1, -0.05) is 18.2 Å². The van der Waals surface area contributed by atoms with Crippen molar-refractivity contribution in [1.82, 2.24) is 25.0 Å². The van der Waals surface area contributed by atoms with Gasteiger partial charge in [0.05, 0.1) is 12.2 Å². The first kappa shape index (κ1) is 17.3. The molecule has 2 N–H and O–H groups in total. The van der Waals surface area contributed by atoms with Gasteiger partial charge in [-0.2, -0.15) is 5.10 Å². The van der Waals surface area contributed by atoms with E-state index in [2.05, 4.69) is 38.3 Å². The van der Waals surface area contributed by atoms with E-state index in [9.17, 15) is 9.59 Å². The SMILES string of the molecule is O=C(NCCN1CCCCC1=O)c1cc(Cn2ccc3ccccc32)[nH]n1. The Bertz CT molecular complexity index is 958. The van der Waals surface area contributed by atoms with Crippen LogP contribution >= 0.6 is 0 Å². The molecule has 7 nitrogen and oxygen atoms in total. The number of hydrogen-bond donors (Lipinski definition) is 2. The van der Waals surface area contributed by atoms with E-state index in [1.807, 2.05) is 23.2 Å². The molecule has 3 heterocycles. The van der Waals surface area contributed by atoms with Crippen LogP contribution in [0.15, 0.2) is 42.6 Å². The van der Waals surface area contributed by atoms with E-state index >= 15 is 0 Å². The number of aromatic amines is 1. The Hall–Kier alpha value is -3.09. The van der Waals surface area contributed by atoms with E-state index in [-0.39, 0.29) is 11.8 Å². The summed E-state index contributed by atoms with van der Waals surface area (Å²) in [5, 5.41) is 11.1. The molecule has 27 heavy (non-hydrogen) atoms. The highest BCUT2D eigenvalue weighted by Gasteiger charge is 2.18. The first-order valence-corrected chi connectivity index (χ1v) is 9.35. The van der Waals surface area contributed by atoms with Crippen molar-refractivity contribution in [2.75, 3.05) is 19.6 Å². The van der Waals surface area contributed by atoms with Gasteiger partial charge in [0.15, 0.2) is 0 Å². The Morgan fingerprint density at radius 2 is 2.11 bits per heavy atom. The molecular formula is C20H23N5O2. The van der Waals surface area contributed by atoms with Crippen LogP contribution in [0.5, 0.6) is 0 Å². The number of aromatic nitrogens is 3. The molecule has 140 valence electrons. The number of hydrogen-bond acceptors (Lipinski definition) is 3. The van der Waals surface area contributed by atoms with Crippen molar-refractivity contribution in [1.29, 1.82) is 0 Å². The Balaban J connectivity index is 1.33. The molecule has 2 aromatic heterocycles. The summed E-state index contributed by atoms with van der Waals surface area (Å²) in [4.78, 5) is 25.9. The van der Waals surface area contributed by atoms with Crippen molar-refractivity contribution in [3.8, 4) is 0 Å². The molecule has 3 aromatic rings. The van der Waals surface area contributed by atoms with Crippen LogP contribution in [0.4, 0.5) is 0 Å². The second kappa shape index (κ2) is 7.65. The normalized spacial score (nSPS) is 14.7. The van der Waals surface area contributed by atoms with Gasteiger partial charge in [0.1, 0.15) is 5.69 Å². The molecule has 0 unspecified atom stereocenters. The number of piperidine rings is 1. The highest BCUT2D eigenvalue weighted by Crippen LogP contribution is 2.16. The lowest BCUT2D eigenvalue weighted by molar-refractivity contribution is -0.133. The summed E-state index contributed by atoms with van der Waals surface area (Å²) in [6.45, 7) is 2.40. The summed E-state index contributed by atoms with van der Waals surface area (Å²) in [7, 11) is 0. The minimum Gasteiger partial charge on any atom is -0.349 e. The number of H-pyrrole nitrogens is 1. The zero-order valence-corrected chi connectivity index (χ0v) is 15.1. The maximum atomic E-state index is 12.3. The maximum Gasteiger partial charge on any atom is 0.271 e. The number of carbonyl (C=O) groups excluding carboxylic acids is 2. The third kappa shape index (κ3) is 3.86. The zero-order chi connectivity index (χ0) is 18.6. The molecule has 4 rings (SSSR count). The molecule has 0 radical (unpaired) electrons. The van der Waals surface area contributed by atoms with Crippen LogP contribution in [0.1, 0.15) is 35.4 Å². The summed E-state index contributed by atoms with van der Waals surface area (Å²) in [6, 6.07) is 12.0. The lowest BCUT2D eigenvalue weighted by Gasteiger charge is -2.26. The standard InChI is InChI=1S/C20H23N5O2/c26-19-7-3-4-10-24(19)12-9-21-20(27)17-13-16(22-23-17)14-25-11-8-15-5-1-2-6-18(15)25/h1-2,5-6,8,11,13H,3-4,7,9-10,12,14H2,(H,21,27)(H,22,23). The molecule has 1 aromatic carbocycles. The fraction of sp³-hybridized carbons (Fsp3) is 0.350. The zero-order valence-electron chi connectivity index (χ0n) is 15.1. The average molecular weight is 365 g/mol. The average Bonchev–Trinajstić information content (AvgIpc) is 3.31. The van der Waals surface area contributed by atoms with Gasteiger partial charge in [0.2, 0.25) is 5.91 Å². The van der Waals surface area contributed by atoms with Crippen molar-refractivity contribution in [2.24, 2.45) is 0 Å². The first-order valence-electron chi connectivity index (χ1n) is 9.35. The van der Waals surface area contributed by atoms with E-state index in [1.165, 1.54) is 5.39 Å². The minimum atomic E-state index is -0.223. The number of likely N-dealkylation sites (tertiary alicyclic amines) is 1. The van der Waals surface area contributed by atoms with Crippen LogP contribution in [-0.4, -0.2) is 51.1 Å². The van der Waals surface area contributed by atoms with Crippen molar-refractivity contribution in [2.45, 2.75) is 25.8 Å². The molecular weight excluding hydrogens is 342 g/mol. The molecule has 0 bridgehead atoms. The largest absolute Gasteiger partial charge is 0.349 e. The Labute approximate surface area is 157 Å². The Morgan fingerprint density at radius 3 is 3.00 bits per heavy atom. The quantitative estimate of drug-likeness (QED) is 0.702. The molecule has 2 amide bonds. The van der Waals surface area contributed by atoms with Gasteiger partial charge < -0.3 is 14.8 Å². The lowest BCUT2D eigenvalue weighted by Crippen LogP contribution is -2.41. The Kier molecular flexibility index (Phi) is 4.91. The van der Waals surface area contributed by atoms with Crippen LogP contribution < -0.4 is 5.32 Å². The van der Waals surface area contributed by atoms with Crippen molar-refractivity contribution < 1.29 is 9.59 Å². The molecule has 1 aliphatic rings. The topological polar surface area (TPSA) is 83.0 Å². The fourth-order valence-electron chi connectivity index (χ4n) is 3.51. The van der Waals surface area contributed by atoms with Gasteiger partial charge in [-0.3, -0.25) is 14.7 Å². The molecule has 1 saturated heterocycles. The molecule has 0 atom stereocenters. The number of fused-ring (bicyclic) bond motifs is 1. The number of amides is 2. The summed E-state index contributed by atoms with van der Waals surface area (Å²) in [6.07, 6.45) is 4.65. The van der Waals surface area contributed by atoms with E-state index < -0.39 is 0 Å². The number of nitrogens with zero attached hydrogens (tertiary/aromatic N) is 3. The number of para-hydroxylation sites is 1. The highest BCUT2D eigenvalue weighted by molar-refractivity contribution is 5.92. The van der Waals surface area contributed by atoms with Crippen LogP contribution in [0.25, 0.3) is 10.9 Å². The van der Waals surface area contributed by atoms with E-state index in [0.717, 1.165) is 30.6 Å². The smallest absolute Gasteiger partial charge is 0.271 e. The molecule has 1 fully saturated rings. The monoisotopic (exact) mass is 365 g/mol. The van der Waals surface area contributed by atoms with Gasteiger partial charge in [0, 0.05) is 37.8 Å².